The van der Waals surface area contributed by atoms with E-state index in [1.54, 1.807) is 36.4 Å². The molecule has 3 unspecified atom stereocenters. The van der Waals surface area contributed by atoms with E-state index < -0.39 is 10.0 Å². The fourth-order valence-corrected chi connectivity index (χ4v) is 5.01. The number of carbonyl (C=O) groups excluding carboxylic acids is 1. The molecular weight excluding hydrogens is 386 g/mol. The number of sulfonamides is 1. The van der Waals surface area contributed by atoms with Gasteiger partial charge in [-0.25, -0.2) is 8.42 Å². The minimum absolute atomic E-state index is 0.0818. The summed E-state index contributed by atoms with van der Waals surface area (Å²) in [6.45, 7) is 0. The largest absolute Gasteiger partial charge is 0.447 e. The lowest BCUT2D eigenvalue weighted by Gasteiger charge is -2.20. The van der Waals surface area contributed by atoms with E-state index in [1.165, 1.54) is 17.8 Å². The first-order chi connectivity index (χ1) is 12.9. The van der Waals surface area contributed by atoms with Crippen molar-refractivity contribution in [3.8, 4) is 10.8 Å². The third-order valence-corrected chi connectivity index (χ3v) is 6.35. The third kappa shape index (κ3) is 4.42. The first-order valence-electron chi connectivity index (χ1n) is 8.78. The summed E-state index contributed by atoms with van der Waals surface area (Å²) in [6.07, 6.45) is 4.40. The fourth-order valence-electron chi connectivity index (χ4n) is 3.67. The maximum absolute atomic E-state index is 12.5. The number of fused-ring (bicyclic) bond motifs is 2. The first kappa shape index (κ1) is 18.3. The molecule has 3 atom stereocenters. The van der Waals surface area contributed by atoms with Gasteiger partial charge < -0.3 is 15.4 Å². The quantitative estimate of drug-likeness (QED) is 0.684. The number of hydrogen-bond donors (Lipinski definition) is 3. The maximum Gasteiger partial charge on any atom is 0.261 e. The summed E-state index contributed by atoms with van der Waals surface area (Å²) in [5.74, 6) is 0.413. The highest BCUT2D eigenvalue weighted by Gasteiger charge is 2.39. The smallest absolute Gasteiger partial charge is 0.261 e. The second-order valence-electron chi connectivity index (χ2n) is 6.99. The molecule has 3 heterocycles. The van der Waals surface area contributed by atoms with Crippen LogP contribution < -0.4 is 20.1 Å². The van der Waals surface area contributed by atoms with Crippen molar-refractivity contribution in [3.05, 3.63) is 41.3 Å². The van der Waals surface area contributed by atoms with Crippen LogP contribution in [-0.2, 0) is 10.0 Å². The number of ether oxygens (including phenoxy) is 1. The van der Waals surface area contributed by atoms with E-state index in [1.807, 2.05) is 0 Å². The minimum Gasteiger partial charge on any atom is -0.447 e. The van der Waals surface area contributed by atoms with Crippen molar-refractivity contribution in [1.29, 1.82) is 0 Å². The highest BCUT2D eigenvalue weighted by atomic mass is 32.2. The number of nitrogens with one attached hydrogen (secondary N) is 3. The molecule has 2 bridgehead atoms. The van der Waals surface area contributed by atoms with E-state index in [0.717, 1.165) is 19.1 Å². The van der Waals surface area contributed by atoms with Crippen LogP contribution in [0.25, 0.3) is 0 Å². The third-order valence-electron chi connectivity index (χ3n) is 4.78. The van der Waals surface area contributed by atoms with Crippen LogP contribution in [0.1, 0.15) is 28.9 Å². The highest BCUT2D eigenvalue weighted by molar-refractivity contribution is 7.92. The Bertz CT molecular complexity index is 957. The normalized spacial score (nSPS) is 24.0. The summed E-state index contributed by atoms with van der Waals surface area (Å²) in [5.41, 5.74) is 0.424. The van der Waals surface area contributed by atoms with Crippen LogP contribution in [0, 0.1) is 0 Å². The van der Waals surface area contributed by atoms with Gasteiger partial charge in [0.1, 0.15) is 5.75 Å². The van der Waals surface area contributed by atoms with Crippen molar-refractivity contribution in [1.82, 2.24) is 10.6 Å². The van der Waals surface area contributed by atoms with Crippen LogP contribution in [-0.4, -0.2) is 38.7 Å². The van der Waals surface area contributed by atoms with Crippen LogP contribution in [0.4, 0.5) is 5.69 Å². The summed E-state index contributed by atoms with van der Waals surface area (Å²) < 4.78 is 30.9. The van der Waals surface area contributed by atoms with Gasteiger partial charge in [-0.1, -0.05) is 17.4 Å². The lowest BCUT2D eigenvalue weighted by atomic mass is 9.95. The van der Waals surface area contributed by atoms with Gasteiger partial charge in [-0.05, 0) is 43.5 Å². The van der Waals surface area contributed by atoms with E-state index in [-0.39, 0.29) is 11.9 Å². The van der Waals surface area contributed by atoms with Gasteiger partial charge in [0, 0.05) is 24.2 Å². The van der Waals surface area contributed by atoms with Gasteiger partial charge in [-0.2, -0.15) is 0 Å². The Hall–Kier alpha value is -2.10. The van der Waals surface area contributed by atoms with E-state index >= 15 is 0 Å². The number of hydrogen-bond acceptors (Lipinski definition) is 6. The molecule has 1 aromatic heterocycles. The van der Waals surface area contributed by atoms with Crippen molar-refractivity contribution in [2.24, 2.45) is 0 Å². The number of amides is 1. The fraction of sp³-hybridized carbons (Fsp3) is 0.389. The standard InChI is InChI=1S/C18H21N3O4S2/c1-27(23,24)21-12-3-2-4-13(9-12)25-17-8-7-16(26-17)18(22)20-15-10-11-5-6-14(15)19-11/h2-4,7-9,11,14-15,19,21H,5-6,10H2,1H3,(H,20,22). The zero-order chi connectivity index (χ0) is 19.0. The van der Waals surface area contributed by atoms with Gasteiger partial charge in [-0.3, -0.25) is 9.52 Å². The molecule has 1 aromatic carbocycles. The van der Waals surface area contributed by atoms with Crippen molar-refractivity contribution < 1.29 is 17.9 Å². The van der Waals surface area contributed by atoms with Gasteiger partial charge in [-0.15, -0.1) is 0 Å². The monoisotopic (exact) mass is 407 g/mol. The van der Waals surface area contributed by atoms with Crippen LogP contribution >= 0.6 is 11.3 Å². The number of rotatable bonds is 6. The molecule has 2 aliphatic rings. The molecule has 144 valence electrons. The second kappa shape index (κ2) is 7.14. The Morgan fingerprint density at radius 3 is 2.81 bits per heavy atom. The average molecular weight is 408 g/mol. The molecule has 0 radical (unpaired) electrons. The SMILES string of the molecule is CS(=O)(=O)Nc1cccc(Oc2ccc(C(=O)NC3CC4CCC3N4)s2)c1. The molecule has 9 heteroatoms. The summed E-state index contributed by atoms with van der Waals surface area (Å²) in [5, 5.41) is 7.20. The molecule has 0 aliphatic carbocycles. The Labute approximate surface area is 162 Å². The number of thiophene rings is 1. The van der Waals surface area contributed by atoms with E-state index in [9.17, 15) is 13.2 Å². The molecule has 2 fully saturated rings. The first-order valence-corrected chi connectivity index (χ1v) is 11.5. The number of anilines is 1. The molecule has 2 aliphatic heterocycles. The summed E-state index contributed by atoms with van der Waals surface area (Å²) in [7, 11) is -3.35. The predicted octanol–water partition coefficient (Wildman–Crippen LogP) is 2.53. The van der Waals surface area contributed by atoms with Crippen molar-refractivity contribution >= 4 is 33.0 Å². The average Bonchev–Trinajstić information content (AvgIpc) is 3.30. The Balaban J connectivity index is 1.39. The van der Waals surface area contributed by atoms with Gasteiger partial charge >= 0.3 is 0 Å². The van der Waals surface area contributed by atoms with Gasteiger partial charge in [0.05, 0.1) is 16.8 Å². The summed E-state index contributed by atoms with van der Waals surface area (Å²) >= 11 is 1.26. The van der Waals surface area contributed by atoms with Gasteiger partial charge in [0.15, 0.2) is 5.06 Å². The predicted molar refractivity (Wildman–Crippen MR) is 105 cm³/mol. The van der Waals surface area contributed by atoms with Crippen LogP contribution in [0.3, 0.4) is 0 Å². The van der Waals surface area contributed by atoms with Gasteiger partial charge in [0.2, 0.25) is 10.0 Å². The maximum atomic E-state index is 12.5. The molecule has 27 heavy (non-hydrogen) atoms. The van der Waals surface area contributed by atoms with Crippen molar-refractivity contribution in [3.63, 3.8) is 0 Å². The molecule has 2 saturated heterocycles. The molecule has 7 nitrogen and oxygen atoms in total. The lowest BCUT2D eigenvalue weighted by molar-refractivity contribution is 0.0935. The molecule has 3 N–H and O–H groups in total. The van der Waals surface area contributed by atoms with E-state index in [0.29, 0.717) is 33.5 Å². The Kier molecular flexibility index (Phi) is 4.83. The summed E-state index contributed by atoms with van der Waals surface area (Å²) in [4.78, 5) is 13.1. The molecule has 1 amide bonds. The molecule has 0 saturated carbocycles. The van der Waals surface area contributed by atoms with Gasteiger partial charge in [0.25, 0.3) is 5.91 Å². The zero-order valence-electron chi connectivity index (χ0n) is 14.8. The van der Waals surface area contributed by atoms with E-state index in [2.05, 4.69) is 15.4 Å². The van der Waals surface area contributed by atoms with E-state index in [4.69, 9.17) is 4.74 Å². The Morgan fingerprint density at radius 2 is 2.11 bits per heavy atom. The summed E-state index contributed by atoms with van der Waals surface area (Å²) in [6, 6.07) is 11.3. The highest BCUT2D eigenvalue weighted by Crippen LogP contribution is 2.32. The lowest BCUT2D eigenvalue weighted by Crippen LogP contribution is -2.42. The molecular formula is C18H21N3O4S2. The number of benzene rings is 1. The zero-order valence-corrected chi connectivity index (χ0v) is 16.4. The number of carbonyl (C=O) groups is 1. The van der Waals surface area contributed by atoms with Crippen LogP contribution in [0.2, 0.25) is 0 Å². The second-order valence-corrected chi connectivity index (χ2v) is 9.78. The van der Waals surface area contributed by atoms with Crippen molar-refractivity contribution in [2.75, 3.05) is 11.0 Å². The minimum atomic E-state index is -3.35. The topological polar surface area (TPSA) is 96.5 Å². The molecule has 0 spiro atoms. The Morgan fingerprint density at radius 1 is 1.26 bits per heavy atom. The van der Waals surface area contributed by atoms with Crippen LogP contribution in [0.5, 0.6) is 10.8 Å². The van der Waals surface area contributed by atoms with Crippen molar-refractivity contribution in [2.45, 2.75) is 37.4 Å². The molecule has 2 aromatic rings. The van der Waals surface area contributed by atoms with Crippen LogP contribution in [0.15, 0.2) is 36.4 Å². The molecule has 4 rings (SSSR count).